The standard InChI is InChI=1S/C33H33.2C10H13.C5H5.CH2.2ClH.Zr/c1-32(2,3)30-20-26-24(18-28(30)22-13-9-7-10-14-22)17-25-19-29(23-15-11-8-12-16-23)31(21-27(25)26)33(4,5)6;2*1-10(2,3)9-7-5-4-6-8-9;1-2-4-5-3-1;;;;/h7-21H,1-6H3;2*5-8H,1-3H3;1-5H;1H2;2*1H;/q;;;;;;;+2/p-2. The van der Waals surface area contributed by atoms with Gasteiger partial charge in [0.25, 0.3) is 0 Å². The van der Waals surface area contributed by atoms with Gasteiger partial charge in [0.05, 0.1) is 0 Å². The summed E-state index contributed by atoms with van der Waals surface area (Å²) in [6.07, 6.45) is 8.77. The fourth-order valence-electron chi connectivity index (χ4n) is 11.3. The molecule has 0 spiro atoms. The summed E-state index contributed by atoms with van der Waals surface area (Å²) in [7, 11) is 19.5. The zero-order chi connectivity index (χ0) is 45.0. The second-order valence-corrected chi connectivity index (χ2v) is 59.1. The van der Waals surface area contributed by atoms with E-state index in [-0.39, 0.29) is 21.7 Å². The molecule has 3 heteroatoms. The van der Waals surface area contributed by atoms with E-state index in [1.54, 1.807) is 0 Å². The number of rotatable bonds is 6. The van der Waals surface area contributed by atoms with Crippen LogP contribution in [0, 0.1) is 0 Å². The fraction of sp³-hybridized carbons (Fsp3) is 0.305. The first-order chi connectivity index (χ1) is 28.6. The molecule has 0 amide bonds. The second kappa shape index (κ2) is 13.6. The van der Waals surface area contributed by atoms with Gasteiger partial charge in [0.15, 0.2) is 0 Å². The Kier molecular flexibility index (Phi) is 9.80. The van der Waals surface area contributed by atoms with Gasteiger partial charge in [0.1, 0.15) is 0 Å². The van der Waals surface area contributed by atoms with Crippen molar-refractivity contribution in [1.29, 1.82) is 0 Å². The molecule has 6 aromatic carbocycles. The molecule has 0 aliphatic heterocycles. The summed E-state index contributed by atoms with van der Waals surface area (Å²) in [6, 6.07) is 49.7. The van der Waals surface area contributed by atoms with Crippen LogP contribution in [0.2, 0.25) is 3.63 Å². The van der Waals surface area contributed by atoms with Gasteiger partial charge in [-0.2, -0.15) is 0 Å². The first-order valence-electron chi connectivity index (χ1n) is 22.6. The summed E-state index contributed by atoms with van der Waals surface area (Å²) in [5, 5.41) is 0. The van der Waals surface area contributed by atoms with Crippen LogP contribution in [0.5, 0.6) is 0 Å². The Morgan fingerprint density at radius 1 is 0.419 bits per heavy atom. The summed E-state index contributed by atoms with van der Waals surface area (Å²) in [6.45, 7) is 27.5. The average Bonchev–Trinajstić information content (AvgIpc) is 3.89. The molecule has 62 heavy (non-hydrogen) atoms. The van der Waals surface area contributed by atoms with Gasteiger partial charge in [-0.1, -0.05) is 0 Å². The van der Waals surface area contributed by atoms with E-state index in [1.807, 2.05) is 0 Å². The topological polar surface area (TPSA) is 0 Å². The molecule has 0 nitrogen and oxygen atoms in total. The van der Waals surface area contributed by atoms with Gasteiger partial charge < -0.3 is 0 Å². The van der Waals surface area contributed by atoms with Crippen LogP contribution in [0.4, 0.5) is 0 Å². The first kappa shape index (κ1) is 44.7. The predicted molar refractivity (Wildman–Crippen MR) is 272 cm³/mol. The van der Waals surface area contributed by atoms with Gasteiger partial charge in [-0.25, -0.2) is 0 Å². The maximum atomic E-state index is 9.76. The fourth-order valence-corrected chi connectivity index (χ4v) is 39.3. The molecule has 0 N–H and O–H groups in total. The SMILES string of the molecule is [CH2]=[Zr]([Cl])([Cl])([c]1ccc(C(C)(C)C)cc1)([c]1ccc(C(C)(C)C)cc1)([CH]1C=CC=C1)[CH]1c2cc(-c3ccccc3)c(C(C)(C)C)cc2-c2cc(C(C)(C)C)c(-c3ccccc3)cc21. The minimum absolute atomic E-state index is 0.0854. The molecule has 6 aromatic rings. The number of fused-ring (bicyclic) bond motifs is 3. The van der Waals surface area contributed by atoms with Crippen LogP contribution in [0.15, 0.2) is 158 Å². The van der Waals surface area contributed by atoms with Crippen molar-refractivity contribution in [3.63, 3.8) is 0 Å². The van der Waals surface area contributed by atoms with Gasteiger partial charge in [-0.3, -0.25) is 0 Å². The molecule has 0 radical (unpaired) electrons. The third-order valence-electron chi connectivity index (χ3n) is 15.0. The molecule has 2 aliphatic rings. The second-order valence-electron chi connectivity index (χ2n) is 23.4. The molecule has 0 fully saturated rings. The van der Waals surface area contributed by atoms with E-state index in [4.69, 9.17) is 4.21 Å². The van der Waals surface area contributed by atoms with Crippen molar-refractivity contribution in [2.45, 2.75) is 112 Å². The van der Waals surface area contributed by atoms with Crippen molar-refractivity contribution in [3.8, 4) is 33.4 Å². The summed E-state index contributed by atoms with van der Waals surface area (Å²) < 4.78 is 6.65. The van der Waals surface area contributed by atoms with E-state index in [1.165, 1.54) is 55.6 Å². The Morgan fingerprint density at radius 2 is 0.758 bits per heavy atom. The van der Waals surface area contributed by atoms with E-state index < -0.39 is 20.2 Å². The van der Waals surface area contributed by atoms with Crippen molar-refractivity contribution in [1.82, 2.24) is 0 Å². The van der Waals surface area contributed by atoms with Crippen LogP contribution >= 0.6 is 17.0 Å². The van der Waals surface area contributed by atoms with Crippen LogP contribution in [0.25, 0.3) is 33.4 Å². The molecule has 8 rings (SSSR count). The first-order valence-corrected chi connectivity index (χ1v) is 35.9. The third-order valence-corrected chi connectivity index (χ3v) is 48.0. The summed E-state index contributed by atoms with van der Waals surface area (Å²) >= 11 is -7.53. The van der Waals surface area contributed by atoms with Crippen molar-refractivity contribution >= 4 is 27.8 Å². The van der Waals surface area contributed by atoms with Gasteiger partial charge in [-0.15, -0.1) is 0 Å². The molecular formula is C59H66Cl2Zr. The molecular weight excluding hydrogens is 871 g/mol. The number of hydrogen-bond donors (Lipinski definition) is 0. The number of allylic oxidation sites excluding steroid dienone is 4. The normalized spacial score (nSPS) is 16.6. The molecule has 0 saturated heterocycles. The minimum atomic E-state index is -7.53. The van der Waals surface area contributed by atoms with E-state index >= 15 is 0 Å². The molecule has 0 aromatic heterocycles. The van der Waals surface area contributed by atoms with E-state index in [0.717, 1.165) is 17.7 Å². The molecule has 320 valence electrons. The zero-order valence-electron chi connectivity index (χ0n) is 39.1. The van der Waals surface area contributed by atoms with Crippen molar-refractivity contribution in [2.24, 2.45) is 0 Å². The monoisotopic (exact) mass is 934 g/mol. The summed E-state index contributed by atoms with van der Waals surface area (Å²) in [5.74, 6) is 0. The van der Waals surface area contributed by atoms with Crippen molar-refractivity contribution < 1.29 is 12.9 Å². The molecule has 2 aliphatic carbocycles. The van der Waals surface area contributed by atoms with Crippen molar-refractivity contribution in [2.75, 3.05) is 0 Å². The van der Waals surface area contributed by atoms with Crippen molar-refractivity contribution in [3.05, 3.63) is 191 Å². The average molecular weight is 937 g/mol. The van der Waals surface area contributed by atoms with E-state index in [2.05, 4.69) is 241 Å². The van der Waals surface area contributed by atoms with Gasteiger partial charge >= 0.3 is 377 Å². The van der Waals surface area contributed by atoms with Gasteiger partial charge in [0, 0.05) is 0 Å². The van der Waals surface area contributed by atoms with Gasteiger partial charge in [0.2, 0.25) is 0 Å². The van der Waals surface area contributed by atoms with Crippen LogP contribution in [0.3, 0.4) is 0 Å². The van der Waals surface area contributed by atoms with Crippen LogP contribution < -0.4 is 6.54 Å². The summed E-state index contributed by atoms with van der Waals surface area (Å²) in [5.41, 5.74) is 13.9. The van der Waals surface area contributed by atoms with E-state index in [9.17, 15) is 17.0 Å². The Morgan fingerprint density at radius 3 is 1.06 bits per heavy atom. The Balaban J connectivity index is 1.67. The number of benzene rings is 6. The number of hydrogen-bond acceptors (Lipinski definition) is 0. The Bertz CT molecular complexity index is 2740. The van der Waals surface area contributed by atoms with Crippen LogP contribution in [-0.2, 0) is 34.6 Å². The third kappa shape index (κ3) is 6.41. The number of halogens is 2. The quantitative estimate of drug-likeness (QED) is 0.156. The van der Waals surface area contributed by atoms with Gasteiger partial charge in [-0.05, 0) is 0 Å². The van der Waals surface area contributed by atoms with Crippen LogP contribution in [0.1, 0.15) is 120 Å². The molecule has 0 saturated carbocycles. The molecule has 0 unspecified atom stereocenters. The van der Waals surface area contributed by atoms with E-state index in [0.29, 0.717) is 0 Å². The zero-order valence-corrected chi connectivity index (χ0v) is 43.1. The predicted octanol–water partition coefficient (Wildman–Crippen LogP) is 16.3. The summed E-state index contributed by atoms with van der Waals surface area (Å²) in [4.78, 5) is 0. The Hall–Kier alpha value is -3.87. The molecule has 0 bridgehead atoms. The maximum absolute atomic E-state index is 9.76. The molecule has 0 atom stereocenters. The molecule has 0 heterocycles. The Labute approximate surface area is 374 Å². The van der Waals surface area contributed by atoms with Crippen LogP contribution in [-0.4, -0.2) is 4.21 Å².